The third-order valence-electron chi connectivity index (χ3n) is 7.88. The SMILES string of the molecule is CC[S+]([O-])c1ccc(CNc2nc3cnc(-c4c(C)ncnc4C4CC4)nc3n([C@@H](C)C3CCC3)c2=O)nc1. The molecule has 10 nitrogen and oxygen atoms in total. The topological polar surface area (TPSA) is 134 Å². The lowest BCUT2D eigenvalue weighted by Crippen LogP contribution is -2.33. The molecular formula is C28H32N8O2S. The summed E-state index contributed by atoms with van der Waals surface area (Å²) < 4.78 is 13.8. The van der Waals surface area contributed by atoms with Crippen LogP contribution in [-0.2, 0) is 17.7 Å². The fraction of sp³-hybridized carbons (Fsp3) is 0.464. The largest absolute Gasteiger partial charge is 0.611 e. The molecular weight excluding hydrogens is 512 g/mol. The molecule has 4 aromatic heterocycles. The van der Waals surface area contributed by atoms with Gasteiger partial charge in [0.2, 0.25) is 0 Å². The second-order valence-electron chi connectivity index (χ2n) is 10.4. The van der Waals surface area contributed by atoms with Gasteiger partial charge < -0.3 is 9.87 Å². The van der Waals surface area contributed by atoms with Crippen LogP contribution in [0.2, 0.25) is 0 Å². The van der Waals surface area contributed by atoms with Gasteiger partial charge in [0.1, 0.15) is 17.6 Å². The Labute approximate surface area is 230 Å². The van der Waals surface area contributed by atoms with Crippen molar-refractivity contribution in [1.82, 2.24) is 34.5 Å². The number of hydrogen-bond acceptors (Lipinski definition) is 9. The average molecular weight is 545 g/mol. The molecule has 11 heteroatoms. The highest BCUT2D eigenvalue weighted by atomic mass is 32.2. The van der Waals surface area contributed by atoms with E-state index in [4.69, 9.17) is 4.98 Å². The fourth-order valence-corrected chi connectivity index (χ4v) is 5.90. The molecule has 0 aliphatic heterocycles. The molecule has 4 heterocycles. The molecule has 2 aliphatic carbocycles. The Kier molecular flexibility index (Phi) is 7.03. The Hall–Kier alpha value is -3.44. The van der Waals surface area contributed by atoms with Gasteiger partial charge in [-0.2, -0.15) is 0 Å². The number of aryl methyl sites for hydroxylation is 1. The van der Waals surface area contributed by atoms with E-state index in [-0.39, 0.29) is 17.4 Å². The quantitative estimate of drug-likeness (QED) is 0.306. The highest BCUT2D eigenvalue weighted by Gasteiger charge is 2.31. The summed E-state index contributed by atoms with van der Waals surface area (Å²) >= 11 is -1.06. The van der Waals surface area contributed by atoms with Crippen LogP contribution in [0.15, 0.2) is 40.5 Å². The Morgan fingerprint density at radius 3 is 2.59 bits per heavy atom. The number of rotatable bonds is 9. The number of anilines is 1. The third kappa shape index (κ3) is 5.00. The summed E-state index contributed by atoms with van der Waals surface area (Å²) in [5, 5.41) is 3.18. The summed E-state index contributed by atoms with van der Waals surface area (Å²) in [5.41, 5.74) is 4.28. The first-order valence-corrected chi connectivity index (χ1v) is 14.9. The second kappa shape index (κ2) is 10.6. The second-order valence-corrected chi connectivity index (χ2v) is 12.2. The van der Waals surface area contributed by atoms with Crippen molar-refractivity contribution in [3.8, 4) is 11.4 Å². The van der Waals surface area contributed by atoms with Crippen LogP contribution in [0.25, 0.3) is 22.6 Å². The van der Waals surface area contributed by atoms with Crippen LogP contribution in [0.3, 0.4) is 0 Å². The summed E-state index contributed by atoms with van der Waals surface area (Å²) in [7, 11) is 0. The van der Waals surface area contributed by atoms with E-state index in [1.54, 1.807) is 23.3 Å². The molecule has 0 bridgehead atoms. The first kappa shape index (κ1) is 25.8. The number of nitrogens with one attached hydrogen (secondary N) is 1. The zero-order valence-corrected chi connectivity index (χ0v) is 23.2. The molecule has 2 atom stereocenters. The lowest BCUT2D eigenvalue weighted by atomic mass is 9.80. The molecule has 0 amide bonds. The van der Waals surface area contributed by atoms with E-state index < -0.39 is 11.2 Å². The van der Waals surface area contributed by atoms with Gasteiger partial charge >= 0.3 is 0 Å². The lowest BCUT2D eigenvalue weighted by Gasteiger charge is -2.33. The maximum Gasteiger partial charge on any atom is 0.295 e. The minimum atomic E-state index is -1.06. The average Bonchev–Trinajstić information content (AvgIpc) is 3.76. The number of nitrogens with zero attached hydrogens (tertiary/aromatic N) is 7. The van der Waals surface area contributed by atoms with Crippen molar-refractivity contribution < 1.29 is 4.55 Å². The third-order valence-corrected chi connectivity index (χ3v) is 9.18. The van der Waals surface area contributed by atoms with E-state index in [1.165, 1.54) is 6.42 Å². The van der Waals surface area contributed by atoms with Gasteiger partial charge in [0.15, 0.2) is 22.2 Å². The molecule has 2 saturated carbocycles. The van der Waals surface area contributed by atoms with E-state index in [9.17, 15) is 9.35 Å². The van der Waals surface area contributed by atoms with Crippen LogP contribution in [-0.4, -0.2) is 44.8 Å². The molecule has 1 unspecified atom stereocenters. The predicted octanol–water partition coefficient (Wildman–Crippen LogP) is 4.33. The van der Waals surface area contributed by atoms with Gasteiger partial charge in [-0.05, 0) is 75.7 Å². The molecule has 4 aromatic rings. The first-order chi connectivity index (χ1) is 18.9. The van der Waals surface area contributed by atoms with Gasteiger partial charge in [-0.3, -0.25) is 14.3 Å². The van der Waals surface area contributed by atoms with Gasteiger partial charge in [0.25, 0.3) is 5.56 Å². The van der Waals surface area contributed by atoms with E-state index in [0.29, 0.717) is 46.0 Å². The van der Waals surface area contributed by atoms with Crippen LogP contribution in [0.5, 0.6) is 0 Å². The Morgan fingerprint density at radius 1 is 1.10 bits per heavy atom. The van der Waals surface area contributed by atoms with Gasteiger partial charge in [-0.1, -0.05) is 6.42 Å². The van der Waals surface area contributed by atoms with Crippen molar-refractivity contribution in [3.63, 3.8) is 0 Å². The first-order valence-electron chi connectivity index (χ1n) is 13.6. The highest BCUT2D eigenvalue weighted by molar-refractivity contribution is 7.91. The Morgan fingerprint density at radius 2 is 1.92 bits per heavy atom. The molecule has 202 valence electrons. The molecule has 0 radical (unpaired) electrons. The van der Waals surface area contributed by atoms with Crippen molar-refractivity contribution >= 4 is 28.2 Å². The van der Waals surface area contributed by atoms with Gasteiger partial charge in [-0.15, -0.1) is 0 Å². The predicted molar refractivity (Wildman–Crippen MR) is 150 cm³/mol. The summed E-state index contributed by atoms with van der Waals surface area (Å²) in [6.07, 6.45) is 10.5. The zero-order valence-electron chi connectivity index (χ0n) is 22.4. The van der Waals surface area contributed by atoms with Crippen molar-refractivity contribution in [1.29, 1.82) is 0 Å². The summed E-state index contributed by atoms with van der Waals surface area (Å²) in [6, 6.07) is 3.61. The van der Waals surface area contributed by atoms with Crippen LogP contribution >= 0.6 is 0 Å². The molecule has 0 saturated heterocycles. The molecule has 39 heavy (non-hydrogen) atoms. The highest BCUT2D eigenvalue weighted by Crippen LogP contribution is 2.43. The standard InChI is InChI=1S/C28H32N8O2S/c1-4-39(38)21-11-10-20(29-13-21)12-30-26-28(37)36(17(3)18-6-5-7-18)27-22(34-26)14-31-25(35-27)23-16(2)32-15-33-24(23)19-8-9-19/h10-11,13-15,17-19H,4-9,12H2,1-3H3,(H,30,34)/t17-,39?/m0/s1. The van der Waals surface area contributed by atoms with Crippen LogP contribution in [0.1, 0.15) is 75.0 Å². The zero-order chi connectivity index (χ0) is 27.1. The summed E-state index contributed by atoms with van der Waals surface area (Å²) in [6.45, 7) is 6.23. The van der Waals surface area contributed by atoms with Crippen molar-refractivity contribution in [2.45, 2.75) is 76.3 Å². The summed E-state index contributed by atoms with van der Waals surface area (Å²) in [5.74, 6) is 2.14. The molecule has 2 aliphatic rings. The van der Waals surface area contributed by atoms with Crippen molar-refractivity contribution in [2.75, 3.05) is 11.1 Å². The van der Waals surface area contributed by atoms with Gasteiger partial charge in [-0.25, -0.2) is 24.9 Å². The number of aromatic nitrogens is 7. The van der Waals surface area contributed by atoms with Crippen LogP contribution in [0, 0.1) is 12.8 Å². The Balaban J connectivity index is 1.39. The van der Waals surface area contributed by atoms with Gasteiger partial charge in [0, 0.05) is 12.0 Å². The molecule has 2 fully saturated rings. The molecule has 0 spiro atoms. The maximum absolute atomic E-state index is 13.9. The van der Waals surface area contributed by atoms with E-state index in [1.807, 2.05) is 26.0 Å². The number of pyridine rings is 1. The van der Waals surface area contributed by atoms with Gasteiger partial charge in [0.05, 0.1) is 41.6 Å². The van der Waals surface area contributed by atoms with E-state index in [2.05, 4.69) is 37.2 Å². The lowest BCUT2D eigenvalue weighted by molar-refractivity contribution is 0.222. The van der Waals surface area contributed by atoms with Crippen molar-refractivity contribution in [3.05, 3.63) is 58.3 Å². The van der Waals surface area contributed by atoms with Crippen molar-refractivity contribution in [2.24, 2.45) is 5.92 Å². The smallest absolute Gasteiger partial charge is 0.295 e. The minimum Gasteiger partial charge on any atom is -0.611 e. The van der Waals surface area contributed by atoms with E-state index in [0.717, 1.165) is 48.3 Å². The van der Waals surface area contributed by atoms with Crippen LogP contribution < -0.4 is 10.9 Å². The number of hydrogen-bond donors (Lipinski definition) is 1. The monoisotopic (exact) mass is 544 g/mol. The molecule has 1 N–H and O–H groups in total. The number of fused-ring (bicyclic) bond motifs is 1. The normalized spacial score (nSPS) is 17.1. The maximum atomic E-state index is 13.9. The fourth-order valence-electron chi connectivity index (χ4n) is 5.17. The minimum absolute atomic E-state index is 0.0301. The van der Waals surface area contributed by atoms with Crippen LogP contribution in [0.4, 0.5) is 5.82 Å². The molecule has 0 aromatic carbocycles. The Bertz CT molecular complexity index is 1570. The van der Waals surface area contributed by atoms with E-state index >= 15 is 0 Å². The summed E-state index contributed by atoms with van der Waals surface area (Å²) in [4.78, 5) is 42.2. The molecule has 6 rings (SSSR count).